The molecular formula is C14H15NO3. The number of benzene rings is 1. The van der Waals surface area contributed by atoms with Gasteiger partial charge in [0.05, 0.1) is 5.56 Å². The lowest BCUT2D eigenvalue weighted by Gasteiger charge is -2.17. The first-order valence-electron chi connectivity index (χ1n) is 6.23. The van der Waals surface area contributed by atoms with Crippen molar-refractivity contribution in [1.82, 2.24) is 4.98 Å². The molecule has 94 valence electrons. The third-order valence-electron chi connectivity index (χ3n) is 3.87. The highest BCUT2D eigenvalue weighted by atomic mass is 16.4. The number of fused-ring (bicyclic) bond motifs is 1. The van der Waals surface area contributed by atoms with Gasteiger partial charge < -0.3 is 9.52 Å². The Morgan fingerprint density at radius 1 is 1.39 bits per heavy atom. The average Bonchev–Trinajstić information content (AvgIpc) is 2.94. The molecule has 0 saturated heterocycles. The highest BCUT2D eigenvalue weighted by Crippen LogP contribution is 2.41. The van der Waals surface area contributed by atoms with Crippen LogP contribution in [0.5, 0.6) is 0 Å². The fraction of sp³-hybridized carbons (Fsp3) is 0.429. The lowest BCUT2D eigenvalue weighted by Crippen LogP contribution is -2.16. The number of carboxylic acids is 1. The van der Waals surface area contributed by atoms with E-state index in [2.05, 4.69) is 11.9 Å². The van der Waals surface area contributed by atoms with E-state index in [0.29, 0.717) is 17.0 Å². The molecule has 0 radical (unpaired) electrons. The largest absolute Gasteiger partial charge is 0.478 e. The minimum atomic E-state index is -0.961. The first-order valence-corrected chi connectivity index (χ1v) is 6.23. The van der Waals surface area contributed by atoms with E-state index in [9.17, 15) is 4.79 Å². The number of aromatic carboxylic acids is 1. The molecule has 0 atom stereocenters. The summed E-state index contributed by atoms with van der Waals surface area (Å²) in [6, 6.07) is 5.03. The van der Waals surface area contributed by atoms with Crippen molar-refractivity contribution in [2.45, 2.75) is 38.0 Å². The maximum absolute atomic E-state index is 11.1. The van der Waals surface area contributed by atoms with E-state index in [0.717, 1.165) is 12.8 Å². The summed E-state index contributed by atoms with van der Waals surface area (Å²) in [7, 11) is 0. The number of carbonyl (C=O) groups is 1. The Kier molecular flexibility index (Phi) is 2.40. The molecular weight excluding hydrogens is 230 g/mol. The Labute approximate surface area is 105 Å². The molecule has 4 nitrogen and oxygen atoms in total. The molecule has 1 aliphatic carbocycles. The Balaban J connectivity index is 2.16. The number of hydrogen-bond donors (Lipinski definition) is 1. The summed E-state index contributed by atoms with van der Waals surface area (Å²) in [6.45, 7) is 2.14. The van der Waals surface area contributed by atoms with Gasteiger partial charge >= 0.3 is 5.97 Å². The first kappa shape index (κ1) is 11.3. The zero-order valence-electron chi connectivity index (χ0n) is 10.3. The molecule has 18 heavy (non-hydrogen) atoms. The minimum absolute atomic E-state index is 0.0329. The molecule has 1 heterocycles. The molecule has 1 aromatic carbocycles. The number of nitrogens with zero attached hydrogens (tertiary/aromatic N) is 1. The number of hydrogen-bond acceptors (Lipinski definition) is 3. The van der Waals surface area contributed by atoms with Gasteiger partial charge in [0.15, 0.2) is 5.58 Å². The highest BCUT2D eigenvalue weighted by Gasteiger charge is 2.35. The summed E-state index contributed by atoms with van der Waals surface area (Å²) in [4.78, 5) is 15.6. The van der Waals surface area contributed by atoms with E-state index in [-0.39, 0.29) is 11.0 Å². The molecule has 2 aromatic rings. The lowest BCUT2D eigenvalue weighted by molar-refractivity contribution is 0.0699. The summed E-state index contributed by atoms with van der Waals surface area (Å²) in [5.74, 6) is -0.277. The van der Waals surface area contributed by atoms with Gasteiger partial charge in [-0.05, 0) is 25.0 Å². The Bertz CT molecular complexity index is 609. The minimum Gasteiger partial charge on any atom is -0.478 e. The van der Waals surface area contributed by atoms with Gasteiger partial charge in [0.1, 0.15) is 5.52 Å². The Morgan fingerprint density at radius 3 is 2.78 bits per heavy atom. The van der Waals surface area contributed by atoms with E-state index in [1.807, 2.05) is 0 Å². The van der Waals surface area contributed by atoms with Gasteiger partial charge in [0, 0.05) is 5.41 Å². The fourth-order valence-corrected chi connectivity index (χ4v) is 2.75. The second-order valence-electron chi connectivity index (χ2n) is 5.24. The molecule has 0 aliphatic heterocycles. The second-order valence-corrected chi connectivity index (χ2v) is 5.24. The van der Waals surface area contributed by atoms with Crippen LogP contribution in [0.3, 0.4) is 0 Å². The number of oxazole rings is 1. The van der Waals surface area contributed by atoms with Gasteiger partial charge in [0.25, 0.3) is 0 Å². The number of rotatable bonds is 2. The van der Waals surface area contributed by atoms with Crippen LogP contribution in [-0.4, -0.2) is 16.1 Å². The summed E-state index contributed by atoms with van der Waals surface area (Å²) in [5.41, 5.74) is 1.21. The molecule has 0 unspecified atom stereocenters. The predicted molar refractivity (Wildman–Crippen MR) is 66.8 cm³/mol. The van der Waals surface area contributed by atoms with Crippen LogP contribution in [0.25, 0.3) is 11.1 Å². The normalized spacial score (nSPS) is 18.3. The van der Waals surface area contributed by atoms with Crippen molar-refractivity contribution >= 4 is 17.1 Å². The van der Waals surface area contributed by atoms with Crippen LogP contribution in [0.1, 0.15) is 48.9 Å². The van der Waals surface area contributed by atoms with Crippen molar-refractivity contribution in [3.8, 4) is 0 Å². The van der Waals surface area contributed by atoms with Crippen LogP contribution in [0.4, 0.5) is 0 Å². The van der Waals surface area contributed by atoms with Gasteiger partial charge in [0.2, 0.25) is 5.89 Å². The van der Waals surface area contributed by atoms with Crippen LogP contribution in [0.2, 0.25) is 0 Å². The molecule has 1 aliphatic rings. The van der Waals surface area contributed by atoms with E-state index in [1.165, 1.54) is 12.8 Å². The predicted octanol–water partition coefficient (Wildman–Crippen LogP) is 3.36. The first-order chi connectivity index (χ1) is 8.60. The average molecular weight is 245 g/mol. The smallest absolute Gasteiger partial charge is 0.338 e. The second kappa shape index (κ2) is 3.83. The fourth-order valence-electron chi connectivity index (χ4n) is 2.75. The molecule has 3 rings (SSSR count). The maximum atomic E-state index is 11.1. The Hall–Kier alpha value is -1.84. The van der Waals surface area contributed by atoms with Crippen molar-refractivity contribution < 1.29 is 14.3 Å². The van der Waals surface area contributed by atoms with Crippen LogP contribution >= 0.6 is 0 Å². The molecule has 4 heteroatoms. The van der Waals surface area contributed by atoms with Crippen molar-refractivity contribution in [3.63, 3.8) is 0 Å². The SMILES string of the molecule is CC1(c2nc3c(C(=O)O)cccc3o2)CCCC1. The van der Waals surface area contributed by atoms with E-state index < -0.39 is 5.97 Å². The van der Waals surface area contributed by atoms with E-state index >= 15 is 0 Å². The summed E-state index contributed by atoms with van der Waals surface area (Å²) in [6.07, 6.45) is 4.48. The van der Waals surface area contributed by atoms with Gasteiger partial charge in [-0.1, -0.05) is 25.8 Å². The van der Waals surface area contributed by atoms with Crippen molar-refractivity contribution in [2.24, 2.45) is 0 Å². The summed E-state index contributed by atoms with van der Waals surface area (Å²) >= 11 is 0. The zero-order valence-corrected chi connectivity index (χ0v) is 10.3. The number of aromatic nitrogens is 1. The molecule has 0 bridgehead atoms. The number of carboxylic acid groups (broad SMARTS) is 1. The third-order valence-corrected chi connectivity index (χ3v) is 3.87. The molecule has 1 fully saturated rings. The standard InChI is InChI=1S/C14H15NO3/c1-14(7-2-3-8-14)13-15-11-9(12(16)17)5-4-6-10(11)18-13/h4-6H,2-3,7-8H2,1H3,(H,16,17). The van der Waals surface area contributed by atoms with Crippen LogP contribution in [0, 0.1) is 0 Å². The number of para-hydroxylation sites is 1. The summed E-state index contributed by atoms with van der Waals surface area (Å²) in [5, 5.41) is 9.14. The highest BCUT2D eigenvalue weighted by molar-refractivity contribution is 6.00. The molecule has 0 spiro atoms. The maximum Gasteiger partial charge on any atom is 0.338 e. The molecule has 1 N–H and O–H groups in total. The monoisotopic (exact) mass is 245 g/mol. The van der Waals surface area contributed by atoms with Crippen molar-refractivity contribution in [2.75, 3.05) is 0 Å². The van der Waals surface area contributed by atoms with Crippen molar-refractivity contribution in [3.05, 3.63) is 29.7 Å². The lowest BCUT2D eigenvalue weighted by atomic mass is 9.89. The van der Waals surface area contributed by atoms with E-state index in [1.54, 1.807) is 18.2 Å². The summed E-state index contributed by atoms with van der Waals surface area (Å²) < 4.78 is 5.77. The van der Waals surface area contributed by atoms with Gasteiger partial charge in [-0.2, -0.15) is 0 Å². The van der Waals surface area contributed by atoms with Crippen LogP contribution in [0.15, 0.2) is 22.6 Å². The molecule has 1 aromatic heterocycles. The topological polar surface area (TPSA) is 63.3 Å². The molecule has 1 saturated carbocycles. The van der Waals surface area contributed by atoms with Gasteiger partial charge in [-0.15, -0.1) is 0 Å². The van der Waals surface area contributed by atoms with Gasteiger partial charge in [-0.25, -0.2) is 9.78 Å². The third kappa shape index (κ3) is 1.60. The quantitative estimate of drug-likeness (QED) is 0.881. The van der Waals surface area contributed by atoms with Crippen molar-refractivity contribution in [1.29, 1.82) is 0 Å². The van der Waals surface area contributed by atoms with Gasteiger partial charge in [-0.3, -0.25) is 0 Å². The Morgan fingerprint density at radius 2 is 2.11 bits per heavy atom. The van der Waals surface area contributed by atoms with Crippen LogP contribution in [-0.2, 0) is 5.41 Å². The zero-order chi connectivity index (χ0) is 12.8. The molecule has 0 amide bonds. The van der Waals surface area contributed by atoms with Crippen LogP contribution < -0.4 is 0 Å². The van der Waals surface area contributed by atoms with E-state index in [4.69, 9.17) is 9.52 Å².